The molecule has 0 bridgehead atoms. The average Bonchev–Trinajstić information content (AvgIpc) is 2.04. The third-order valence-corrected chi connectivity index (χ3v) is 2.32. The van der Waals surface area contributed by atoms with E-state index in [2.05, 4.69) is 0 Å². The molecule has 1 aliphatic rings. The molecular weight excluding hydrogens is 160 g/mol. The van der Waals surface area contributed by atoms with E-state index in [4.69, 9.17) is 4.74 Å². The van der Waals surface area contributed by atoms with Crippen molar-refractivity contribution in [1.29, 1.82) is 0 Å². The van der Waals surface area contributed by atoms with E-state index in [1.54, 1.807) is 0 Å². The van der Waals surface area contributed by atoms with Crippen molar-refractivity contribution in [3.63, 3.8) is 0 Å². The van der Waals surface area contributed by atoms with Gasteiger partial charge >= 0.3 is 0 Å². The summed E-state index contributed by atoms with van der Waals surface area (Å²) in [5.74, 6) is 0.817. The molecule has 2 rings (SSSR count). The monoisotopic (exact) mass is 166 g/mol. The van der Waals surface area contributed by atoms with Gasteiger partial charge in [-0.2, -0.15) is 0 Å². The molecule has 0 aromatic heterocycles. The third-order valence-electron chi connectivity index (χ3n) is 1.42. The molecule has 11 heavy (non-hydrogen) atoms. The quantitative estimate of drug-likeness (QED) is 0.586. The molecule has 0 radical (unpaired) electrons. The van der Waals surface area contributed by atoms with Crippen LogP contribution in [0.25, 0.3) is 0 Å². The summed E-state index contributed by atoms with van der Waals surface area (Å²) in [7, 11) is 0. The zero-order valence-electron chi connectivity index (χ0n) is 5.74. The van der Waals surface area contributed by atoms with Crippen molar-refractivity contribution in [2.75, 3.05) is 6.61 Å². The molecule has 0 amide bonds. The molecular formula is C8H6O2S. The van der Waals surface area contributed by atoms with Gasteiger partial charge in [0.15, 0.2) is 6.61 Å². The van der Waals surface area contributed by atoms with E-state index < -0.39 is 0 Å². The van der Waals surface area contributed by atoms with E-state index in [1.165, 1.54) is 11.8 Å². The minimum absolute atomic E-state index is 0.0729. The van der Waals surface area contributed by atoms with Crippen molar-refractivity contribution in [2.45, 2.75) is 4.90 Å². The molecule has 0 saturated heterocycles. The molecule has 0 spiro atoms. The molecule has 1 aromatic carbocycles. The van der Waals surface area contributed by atoms with Crippen molar-refractivity contribution in [3.8, 4) is 5.75 Å². The second-order valence-corrected chi connectivity index (χ2v) is 3.31. The Morgan fingerprint density at radius 1 is 1.36 bits per heavy atom. The van der Waals surface area contributed by atoms with E-state index in [-0.39, 0.29) is 11.7 Å². The van der Waals surface area contributed by atoms with Gasteiger partial charge in [0.05, 0.1) is 4.90 Å². The van der Waals surface area contributed by atoms with E-state index >= 15 is 0 Å². The summed E-state index contributed by atoms with van der Waals surface area (Å²) >= 11 is 1.25. The van der Waals surface area contributed by atoms with Gasteiger partial charge < -0.3 is 4.74 Å². The van der Waals surface area contributed by atoms with Crippen LogP contribution in [0.2, 0.25) is 0 Å². The standard InChI is InChI=1S/C8H6O2S/c9-8-5-10-6-3-1-2-4-7(6)11-8/h1-4H,5H2. The molecule has 3 heteroatoms. The van der Waals surface area contributed by atoms with Crippen LogP contribution in [0.5, 0.6) is 5.75 Å². The Morgan fingerprint density at radius 3 is 3.09 bits per heavy atom. The summed E-state index contributed by atoms with van der Waals surface area (Å²) in [6.07, 6.45) is 0. The van der Waals surface area contributed by atoms with Gasteiger partial charge in [-0.1, -0.05) is 12.1 Å². The van der Waals surface area contributed by atoms with Crippen LogP contribution in [0.1, 0.15) is 0 Å². The summed E-state index contributed by atoms with van der Waals surface area (Å²) in [6, 6.07) is 7.55. The SMILES string of the molecule is O=C1COc2ccccc2S1. The van der Waals surface area contributed by atoms with Gasteiger partial charge in [0, 0.05) is 0 Å². The fraction of sp³-hybridized carbons (Fsp3) is 0.125. The second-order valence-electron chi connectivity index (χ2n) is 2.21. The highest BCUT2D eigenvalue weighted by Crippen LogP contribution is 2.32. The summed E-state index contributed by atoms with van der Waals surface area (Å²) < 4.78 is 5.17. The predicted molar refractivity (Wildman–Crippen MR) is 42.8 cm³/mol. The third kappa shape index (κ3) is 1.24. The topological polar surface area (TPSA) is 26.3 Å². The van der Waals surface area contributed by atoms with Crippen molar-refractivity contribution in [1.82, 2.24) is 0 Å². The van der Waals surface area contributed by atoms with Crippen LogP contribution in [0.3, 0.4) is 0 Å². The Balaban J connectivity index is 2.41. The summed E-state index contributed by atoms with van der Waals surface area (Å²) in [5.41, 5.74) is 0. The Kier molecular flexibility index (Phi) is 1.58. The maximum absolute atomic E-state index is 10.9. The summed E-state index contributed by atoms with van der Waals surface area (Å²) in [5, 5.41) is 0.0729. The second kappa shape index (κ2) is 2.58. The number of fused-ring (bicyclic) bond motifs is 1. The van der Waals surface area contributed by atoms with Crippen LogP contribution in [-0.2, 0) is 4.79 Å². The Morgan fingerprint density at radius 2 is 2.18 bits per heavy atom. The first-order chi connectivity index (χ1) is 5.36. The van der Waals surface area contributed by atoms with Crippen molar-refractivity contribution < 1.29 is 9.53 Å². The number of carbonyl (C=O) groups is 1. The fourth-order valence-electron chi connectivity index (χ4n) is 0.943. The molecule has 0 aliphatic carbocycles. The molecule has 1 heterocycles. The zero-order valence-corrected chi connectivity index (χ0v) is 6.56. The number of thioether (sulfide) groups is 1. The smallest absolute Gasteiger partial charge is 0.231 e. The first kappa shape index (κ1) is 6.73. The van der Waals surface area contributed by atoms with Crippen LogP contribution < -0.4 is 4.74 Å². The van der Waals surface area contributed by atoms with Crippen molar-refractivity contribution in [2.24, 2.45) is 0 Å². The first-order valence-corrected chi connectivity index (χ1v) is 4.10. The lowest BCUT2D eigenvalue weighted by Crippen LogP contribution is -2.12. The molecule has 0 atom stereocenters. The largest absolute Gasteiger partial charge is 0.484 e. The minimum Gasteiger partial charge on any atom is -0.484 e. The molecule has 56 valence electrons. The van der Waals surface area contributed by atoms with E-state index in [9.17, 15) is 4.79 Å². The number of ether oxygens (including phenoxy) is 1. The number of para-hydroxylation sites is 1. The zero-order chi connectivity index (χ0) is 7.68. The fourth-order valence-corrected chi connectivity index (χ4v) is 1.68. The molecule has 1 aromatic rings. The van der Waals surface area contributed by atoms with Gasteiger partial charge in [0.25, 0.3) is 0 Å². The maximum Gasteiger partial charge on any atom is 0.231 e. The Labute approximate surface area is 68.6 Å². The first-order valence-electron chi connectivity index (χ1n) is 3.29. The minimum atomic E-state index is 0.0729. The Bertz CT molecular complexity index is 296. The molecule has 0 unspecified atom stereocenters. The lowest BCUT2D eigenvalue weighted by molar-refractivity contribution is -0.113. The maximum atomic E-state index is 10.9. The van der Waals surface area contributed by atoms with E-state index in [0.29, 0.717) is 0 Å². The number of benzene rings is 1. The van der Waals surface area contributed by atoms with E-state index in [1.807, 2.05) is 24.3 Å². The number of hydrogen-bond donors (Lipinski definition) is 0. The van der Waals surface area contributed by atoms with Gasteiger partial charge in [-0.3, -0.25) is 4.79 Å². The molecule has 0 fully saturated rings. The van der Waals surface area contributed by atoms with Gasteiger partial charge in [-0.05, 0) is 23.9 Å². The van der Waals surface area contributed by atoms with Crippen LogP contribution in [-0.4, -0.2) is 11.7 Å². The van der Waals surface area contributed by atoms with Crippen LogP contribution >= 0.6 is 11.8 Å². The highest BCUT2D eigenvalue weighted by Gasteiger charge is 2.15. The van der Waals surface area contributed by atoms with E-state index in [0.717, 1.165) is 10.6 Å². The van der Waals surface area contributed by atoms with Gasteiger partial charge in [0.2, 0.25) is 5.12 Å². The molecule has 0 N–H and O–H groups in total. The summed E-state index contributed by atoms with van der Waals surface area (Å²) in [4.78, 5) is 11.8. The summed E-state index contributed by atoms with van der Waals surface area (Å²) in [6.45, 7) is 0.196. The number of hydrogen-bond acceptors (Lipinski definition) is 3. The highest BCUT2D eigenvalue weighted by molar-refractivity contribution is 8.13. The van der Waals surface area contributed by atoms with Crippen LogP contribution in [0.4, 0.5) is 0 Å². The highest BCUT2D eigenvalue weighted by atomic mass is 32.2. The molecule has 1 aliphatic heterocycles. The lowest BCUT2D eigenvalue weighted by Gasteiger charge is -2.14. The molecule has 0 saturated carbocycles. The number of carbonyl (C=O) groups excluding carboxylic acids is 1. The van der Waals surface area contributed by atoms with Gasteiger partial charge in [-0.15, -0.1) is 0 Å². The van der Waals surface area contributed by atoms with Crippen LogP contribution in [0.15, 0.2) is 29.2 Å². The number of rotatable bonds is 0. The van der Waals surface area contributed by atoms with Gasteiger partial charge in [0.1, 0.15) is 5.75 Å². The lowest BCUT2D eigenvalue weighted by atomic mass is 10.3. The molecule has 2 nitrogen and oxygen atoms in total. The normalized spacial score (nSPS) is 15.5. The average molecular weight is 166 g/mol. The predicted octanol–water partition coefficient (Wildman–Crippen LogP) is 1.70. The van der Waals surface area contributed by atoms with Gasteiger partial charge in [-0.25, -0.2) is 0 Å². The van der Waals surface area contributed by atoms with Crippen molar-refractivity contribution in [3.05, 3.63) is 24.3 Å². The van der Waals surface area contributed by atoms with Crippen molar-refractivity contribution >= 4 is 16.9 Å². The Hall–Kier alpha value is -0.960. The van der Waals surface area contributed by atoms with Crippen LogP contribution in [0, 0.1) is 0 Å².